The summed E-state index contributed by atoms with van der Waals surface area (Å²) in [7, 11) is 7.59. The molecule has 2 saturated heterocycles. The van der Waals surface area contributed by atoms with Crippen LogP contribution in [-0.2, 0) is 52.4 Å². The fourth-order valence-electron chi connectivity index (χ4n) is 2.52. The van der Waals surface area contributed by atoms with Crippen molar-refractivity contribution < 1.29 is 67.7 Å². The van der Waals surface area contributed by atoms with Gasteiger partial charge in [0.25, 0.3) is 6.48 Å². The third kappa shape index (κ3) is 83.7. The Morgan fingerprint density at radius 1 is 0.733 bits per heavy atom. The van der Waals surface area contributed by atoms with Crippen LogP contribution in [0.4, 0.5) is 0 Å². The van der Waals surface area contributed by atoms with E-state index in [2.05, 4.69) is 80.7 Å². The Labute approximate surface area is 374 Å². The Hall–Kier alpha value is -1.97. The second-order valence-electron chi connectivity index (χ2n) is 10.4. The van der Waals surface area contributed by atoms with E-state index in [4.69, 9.17) is 48.5 Å². The van der Waals surface area contributed by atoms with E-state index in [1.54, 1.807) is 25.8 Å². The molecule has 0 bridgehead atoms. The monoisotopic (exact) mass is 917 g/mol. The van der Waals surface area contributed by atoms with Gasteiger partial charge in [0.15, 0.2) is 0 Å². The molecule has 366 valence electrons. The number of likely N-dealkylation sites (N-methyl/N-ethyl adjacent to an activating group) is 1. The molecule has 0 aliphatic carbocycles. The minimum absolute atomic E-state index is 0.0376. The number of thiol groups is 2. The number of aliphatic hydroxyl groups excluding tert-OH is 1. The van der Waals surface area contributed by atoms with Crippen molar-refractivity contribution in [3.63, 3.8) is 0 Å². The zero-order valence-electron chi connectivity index (χ0n) is 39.1. The zero-order chi connectivity index (χ0) is 48.4. The van der Waals surface area contributed by atoms with Gasteiger partial charge < -0.3 is 63.5 Å². The number of carbonyl (C=O) groups is 3. The molecule has 0 saturated carbocycles. The minimum Gasteiger partial charge on any atom is -0.481 e. The van der Waals surface area contributed by atoms with Gasteiger partial charge in [-0.3, -0.25) is 19.4 Å². The Kier molecular flexibility index (Phi) is 89.9. The molecule has 2 rings (SSSR count). The van der Waals surface area contributed by atoms with Gasteiger partial charge in [0, 0.05) is 33.0 Å². The van der Waals surface area contributed by atoms with Gasteiger partial charge >= 0.3 is 17.9 Å². The number of nitrogens with zero attached hydrogens (tertiary/aromatic N) is 3. The molecule has 2 fully saturated rings. The number of aliphatic carboxylic acids is 2. The SMILES string of the molecule is C=C.C=C.CCN(C)C1OCCO1.CCN(C)CC(=O)O.CCN(C)CCC(=O)O.CCNC.CCO.CCOC1OCCO1.CCOCC(=O)ONS.CCOCNS. The van der Waals surface area contributed by atoms with Gasteiger partial charge in [0.05, 0.1) is 39.4 Å². The van der Waals surface area contributed by atoms with Crippen molar-refractivity contribution in [1.29, 1.82) is 0 Å². The lowest BCUT2D eigenvalue weighted by molar-refractivity contribution is -0.227. The maximum Gasteiger partial charge on any atom is 0.351 e. The lowest BCUT2D eigenvalue weighted by atomic mass is 10.4. The largest absolute Gasteiger partial charge is 0.481 e. The van der Waals surface area contributed by atoms with Crippen molar-refractivity contribution in [3.8, 4) is 0 Å². The van der Waals surface area contributed by atoms with Gasteiger partial charge in [-0.15, -0.1) is 26.3 Å². The molecule has 0 atom stereocenters. The Morgan fingerprint density at radius 3 is 1.47 bits per heavy atom. The van der Waals surface area contributed by atoms with E-state index in [1.165, 1.54) is 0 Å². The molecular weight excluding hydrogens is 829 g/mol. The van der Waals surface area contributed by atoms with E-state index < -0.39 is 17.9 Å². The highest BCUT2D eigenvalue weighted by atomic mass is 32.1. The van der Waals surface area contributed by atoms with Crippen molar-refractivity contribution in [2.24, 2.45) is 0 Å². The van der Waals surface area contributed by atoms with Gasteiger partial charge in [0.2, 0.25) is 6.41 Å². The lowest BCUT2D eigenvalue weighted by Gasteiger charge is -2.19. The first-order valence-corrected chi connectivity index (χ1v) is 20.5. The highest BCUT2D eigenvalue weighted by Gasteiger charge is 2.18. The molecule has 20 nitrogen and oxygen atoms in total. The van der Waals surface area contributed by atoms with Crippen molar-refractivity contribution in [2.45, 2.75) is 74.7 Å². The lowest BCUT2D eigenvalue weighted by Crippen LogP contribution is -2.31. The molecule has 0 aromatic rings. The van der Waals surface area contributed by atoms with Crippen molar-refractivity contribution in [1.82, 2.24) is 29.6 Å². The van der Waals surface area contributed by atoms with Crippen molar-refractivity contribution >= 4 is 43.5 Å². The number of carboxylic acid groups (broad SMARTS) is 2. The second kappa shape index (κ2) is 71.5. The van der Waals surface area contributed by atoms with E-state index in [0.717, 1.165) is 46.0 Å². The summed E-state index contributed by atoms with van der Waals surface area (Å²) in [6.45, 7) is 36.9. The van der Waals surface area contributed by atoms with Crippen LogP contribution in [-0.4, -0.2) is 194 Å². The van der Waals surface area contributed by atoms with Crippen LogP contribution in [0.15, 0.2) is 26.3 Å². The van der Waals surface area contributed by atoms with E-state index in [0.29, 0.717) is 39.7 Å². The molecule has 2 heterocycles. The van der Waals surface area contributed by atoms with Gasteiger partial charge in [-0.2, -0.15) is 0 Å². The van der Waals surface area contributed by atoms with Crippen molar-refractivity contribution in [3.05, 3.63) is 26.3 Å². The van der Waals surface area contributed by atoms with Gasteiger partial charge in [-0.1, -0.05) is 58.2 Å². The van der Waals surface area contributed by atoms with E-state index in [9.17, 15) is 14.4 Å². The topological polar surface area (TPSA) is 232 Å². The van der Waals surface area contributed by atoms with E-state index >= 15 is 0 Å². The number of aliphatic hydroxyl groups is 1. The van der Waals surface area contributed by atoms with Crippen LogP contribution in [0.25, 0.3) is 0 Å². The molecule has 0 radical (unpaired) electrons. The maximum absolute atomic E-state index is 10.3. The number of rotatable bonds is 19. The molecule has 0 aromatic heterocycles. The van der Waals surface area contributed by atoms with Crippen LogP contribution in [0.3, 0.4) is 0 Å². The average Bonchev–Trinajstić information content (AvgIpc) is 4.00. The molecule has 60 heavy (non-hydrogen) atoms. The number of hydrogen-bond donors (Lipinski definition) is 8. The Bertz CT molecular complexity index is 805. The summed E-state index contributed by atoms with van der Waals surface area (Å²) in [5, 5.41) is 26.9. The summed E-state index contributed by atoms with van der Waals surface area (Å²) in [5.74, 6) is -1.98. The normalized spacial score (nSPS) is 12.2. The van der Waals surface area contributed by atoms with E-state index in [1.807, 2.05) is 63.5 Å². The second-order valence-corrected chi connectivity index (χ2v) is 10.9. The predicted octanol–water partition coefficient (Wildman–Crippen LogP) is 3.22. The third-order valence-electron chi connectivity index (χ3n) is 5.86. The molecule has 0 spiro atoms. The van der Waals surface area contributed by atoms with E-state index in [-0.39, 0.29) is 39.1 Å². The number of nitrogens with one attached hydrogen (secondary N) is 3. The molecule has 2 aliphatic heterocycles. The number of hydrogen-bond acceptors (Lipinski definition) is 20. The summed E-state index contributed by atoms with van der Waals surface area (Å²) in [6.07, 6.45) is 0.152. The summed E-state index contributed by atoms with van der Waals surface area (Å²) >= 11 is 7.11. The highest BCUT2D eigenvalue weighted by Crippen LogP contribution is 2.06. The third-order valence-corrected chi connectivity index (χ3v) is 6.08. The molecule has 0 aromatic carbocycles. The molecule has 2 aliphatic rings. The first-order chi connectivity index (χ1) is 28.7. The summed E-state index contributed by atoms with van der Waals surface area (Å²) in [5.41, 5.74) is 0. The molecule has 0 amide bonds. The summed E-state index contributed by atoms with van der Waals surface area (Å²) in [6, 6.07) is 0. The number of ether oxygens (including phenoxy) is 7. The quantitative estimate of drug-likeness (QED) is 0.0306. The molecule has 0 unspecified atom stereocenters. The molecule has 6 N–H and O–H groups in total. The average molecular weight is 917 g/mol. The van der Waals surface area contributed by atoms with Gasteiger partial charge in [0.1, 0.15) is 13.3 Å². The maximum atomic E-state index is 10.3. The van der Waals surface area contributed by atoms with Crippen LogP contribution >= 0.6 is 25.6 Å². The molecule has 22 heteroatoms. The van der Waals surface area contributed by atoms with Crippen LogP contribution in [0.1, 0.15) is 61.8 Å². The minimum atomic E-state index is -0.769. The van der Waals surface area contributed by atoms with Gasteiger partial charge in [-0.25, -0.2) is 9.52 Å². The Morgan fingerprint density at radius 2 is 1.18 bits per heavy atom. The van der Waals surface area contributed by atoms with Crippen LogP contribution in [0, 0.1) is 0 Å². The first-order valence-electron chi connectivity index (χ1n) is 19.6. The van der Waals surface area contributed by atoms with Crippen molar-refractivity contribution in [2.75, 3.05) is 134 Å². The van der Waals surface area contributed by atoms with Crippen LogP contribution in [0.2, 0.25) is 0 Å². The highest BCUT2D eigenvalue weighted by molar-refractivity contribution is 7.78. The fourth-order valence-corrected chi connectivity index (χ4v) is 2.71. The fraction of sp³-hybridized carbons (Fsp3) is 0.816. The van der Waals surface area contributed by atoms with Crippen LogP contribution in [0.5, 0.6) is 0 Å². The molecular formula is C38H88N6O14S2. The summed E-state index contributed by atoms with van der Waals surface area (Å²) < 4.78 is 37.3. The van der Waals surface area contributed by atoms with Crippen LogP contribution < -0.4 is 14.9 Å². The standard InChI is InChI=1S/2C6H13NO2.C5H11NO2.C5H10O3.C4H9NO3S.C3H9NOS.C3H9N.C2H6O.2C2H4/c1-3-7(2)6-8-4-5-9-6;1-3-7(2)5-4-6(8)9;1-3-6(2)4-5(7)8;1-2-6-5-7-3-4-8-5;1-2-7-3-4(6)8-5-9;1-2-5-3-4-6;1-3-4-2;1-2-3;2*1-2/h6H,3-5H2,1-2H3;3-5H2,1-2H3,(H,8,9);3-4H2,1-2H3,(H,7,8);5H,2-4H2,1H3;5,9H,2-3H2,1H3;4,6H,2-3H2,1H3;4H,3H2,1-2H3;3H,2H2,1H3;2*1-2H2. The predicted molar refractivity (Wildman–Crippen MR) is 246 cm³/mol. The zero-order valence-corrected chi connectivity index (χ0v) is 40.9. The van der Waals surface area contributed by atoms with Gasteiger partial charge in [-0.05, 0) is 82.1 Å². The number of carbonyl (C=O) groups excluding carboxylic acids is 1. The first kappa shape index (κ1) is 75.4. The smallest absolute Gasteiger partial charge is 0.351 e. The number of carboxylic acids is 2. The summed E-state index contributed by atoms with van der Waals surface area (Å²) in [4.78, 5) is 42.1. The Balaban J connectivity index is -0.0000000862.